The molecule has 0 unspecified atom stereocenters. The van der Waals surface area contributed by atoms with Crippen molar-refractivity contribution in [1.29, 1.82) is 0 Å². The molecule has 0 saturated carbocycles. The largest absolute Gasteiger partial charge is 0.248 e. The Morgan fingerprint density at radius 1 is 0.246 bits per heavy atom. The zero-order chi connectivity index (χ0) is 40.1. The van der Waals surface area contributed by atoms with E-state index in [-0.39, 0.29) is 0 Å². The van der Waals surface area contributed by atoms with E-state index in [4.69, 9.17) is 4.98 Å². The van der Waals surface area contributed by atoms with Crippen LogP contribution in [0.25, 0.3) is 99.3 Å². The molecule has 1 heterocycles. The first-order chi connectivity index (χ1) is 30.3. The van der Waals surface area contributed by atoms with Gasteiger partial charge < -0.3 is 0 Å². The summed E-state index contributed by atoms with van der Waals surface area (Å²) in [6, 6.07) is 82.7. The lowest BCUT2D eigenvalue weighted by Crippen LogP contribution is -2.25. The Bertz CT molecular complexity index is 3510. The third-order valence-electron chi connectivity index (χ3n) is 13.5. The second-order valence-electron chi connectivity index (χ2n) is 16.5. The Morgan fingerprint density at radius 2 is 0.705 bits per heavy atom. The van der Waals surface area contributed by atoms with Crippen molar-refractivity contribution in [1.82, 2.24) is 4.98 Å². The Labute approximate surface area is 354 Å². The molecule has 2 aliphatic rings. The number of rotatable bonds is 4. The van der Waals surface area contributed by atoms with E-state index in [1.54, 1.807) is 0 Å². The molecule has 0 amide bonds. The number of benzene rings is 10. The van der Waals surface area contributed by atoms with Gasteiger partial charge in [-0.05, 0) is 123 Å². The fraction of sp³-hybridized carbons (Fsp3) is 0.0167. The monoisotopic (exact) mass is 771 g/mol. The van der Waals surface area contributed by atoms with Gasteiger partial charge in [0.1, 0.15) is 0 Å². The lowest BCUT2D eigenvalue weighted by molar-refractivity contribution is 0.794. The minimum atomic E-state index is -0.416. The Hall–Kier alpha value is -7.87. The van der Waals surface area contributed by atoms with E-state index in [1.165, 1.54) is 93.5 Å². The van der Waals surface area contributed by atoms with Gasteiger partial charge >= 0.3 is 0 Å². The Balaban J connectivity index is 1.01. The second-order valence-corrected chi connectivity index (χ2v) is 16.5. The van der Waals surface area contributed by atoms with Crippen LogP contribution in [0.15, 0.2) is 224 Å². The van der Waals surface area contributed by atoms with Crippen LogP contribution in [0.3, 0.4) is 0 Å². The highest BCUT2D eigenvalue weighted by molar-refractivity contribution is 6.25. The van der Waals surface area contributed by atoms with E-state index >= 15 is 0 Å². The van der Waals surface area contributed by atoms with Crippen molar-refractivity contribution in [3.8, 4) is 67.0 Å². The molecule has 0 aliphatic heterocycles. The fourth-order valence-corrected chi connectivity index (χ4v) is 10.9. The topological polar surface area (TPSA) is 12.9 Å². The number of nitrogens with zero attached hydrogens (tertiary/aromatic N) is 1. The molecule has 61 heavy (non-hydrogen) atoms. The molecule has 2 aliphatic carbocycles. The molecule has 0 fully saturated rings. The summed E-state index contributed by atoms with van der Waals surface area (Å²) in [6.45, 7) is 0. The molecule has 1 heteroatoms. The minimum absolute atomic E-state index is 0.416. The lowest BCUT2D eigenvalue weighted by atomic mass is 9.70. The minimum Gasteiger partial charge on any atom is -0.248 e. The van der Waals surface area contributed by atoms with E-state index in [2.05, 4.69) is 224 Å². The van der Waals surface area contributed by atoms with Crippen LogP contribution in [-0.4, -0.2) is 4.98 Å². The maximum Gasteiger partial charge on any atom is 0.0725 e. The van der Waals surface area contributed by atoms with E-state index in [0.29, 0.717) is 0 Å². The molecular weight excluding hydrogens is 735 g/mol. The third kappa shape index (κ3) is 4.86. The van der Waals surface area contributed by atoms with Crippen LogP contribution in [-0.2, 0) is 5.41 Å². The van der Waals surface area contributed by atoms with Gasteiger partial charge in [-0.15, -0.1) is 0 Å². The van der Waals surface area contributed by atoms with Gasteiger partial charge in [0, 0.05) is 11.1 Å². The molecule has 1 aromatic heterocycles. The number of hydrogen-bond donors (Lipinski definition) is 0. The van der Waals surface area contributed by atoms with Gasteiger partial charge in [0.05, 0.1) is 16.8 Å². The molecule has 1 spiro atoms. The van der Waals surface area contributed by atoms with E-state index in [0.717, 1.165) is 28.1 Å². The van der Waals surface area contributed by atoms with Crippen LogP contribution in [0.4, 0.5) is 0 Å². The summed E-state index contributed by atoms with van der Waals surface area (Å²) >= 11 is 0. The maximum atomic E-state index is 5.61. The van der Waals surface area contributed by atoms with Crippen molar-refractivity contribution in [3.05, 3.63) is 247 Å². The SMILES string of the molecule is c1ccc(-c2cc(-c3cccc(-c4ccc5c6ccccc6c6ccccc6c5c4)c3)nc(-c3cccc4c3-c3ccccc3C43c4ccccc4-c4ccccc43)c2)cc1. The van der Waals surface area contributed by atoms with Crippen molar-refractivity contribution in [2.75, 3.05) is 0 Å². The molecule has 0 radical (unpaired) electrons. The quantitative estimate of drug-likeness (QED) is 0.162. The van der Waals surface area contributed by atoms with Crippen molar-refractivity contribution in [2.45, 2.75) is 5.41 Å². The van der Waals surface area contributed by atoms with E-state index in [9.17, 15) is 0 Å². The predicted octanol–water partition coefficient (Wildman–Crippen LogP) is 15.6. The van der Waals surface area contributed by atoms with Crippen molar-refractivity contribution in [2.24, 2.45) is 0 Å². The number of pyridine rings is 1. The van der Waals surface area contributed by atoms with Crippen LogP contribution in [0.2, 0.25) is 0 Å². The normalized spacial score (nSPS) is 13.0. The van der Waals surface area contributed by atoms with Crippen LogP contribution in [0.5, 0.6) is 0 Å². The van der Waals surface area contributed by atoms with Gasteiger partial charge in [-0.2, -0.15) is 0 Å². The van der Waals surface area contributed by atoms with Gasteiger partial charge in [0.25, 0.3) is 0 Å². The average molecular weight is 772 g/mol. The first kappa shape index (κ1) is 34.0. The van der Waals surface area contributed by atoms with Crippen LogP contribution < -0.4 is 0 Å². The van der Waals surface area contributed by atoms with Crippen LogP contribution >= 0.6 is 0 Å². The molecule has 282 valence electrons. The summed E-state index contributed by atoms with van der Waals surface area (Å²) in [5.41, 5.74) is 18.9. The van der Waals surface area contributed by atoms with Gasteiger partial charge in [-0.3, -0.25) is 0 Å². The predicted molar refractivity (Wildman–Crippen MR) is 255 cm³/mol. The fourth-order valence-electron chi connectivity index (χ4n) is 10.9. The smallest absolute Gasteiger partial charge is 0.0725 e. The summed E-state index contributed by atoms with van der Waals surface area (Å²) in [4.78, 5) is 5.61. The lowest BCUT2D eigenvalue weighted by Gasteiger charge is -2.30. The maximum absolute atomic E-state index is 5.61. The zero-order valence-electron chi connectivity index (χ0n) is 33.3. The molecule has 0 saturated heterocycles. The molecule has 1 nitrogen and oxygen atoms in total. The molecule has 10 aromatic carbocycles. The summed E-state index contributed by atoms with van der Waals surface area (Å²) in [6.07, 6.45) is 0. The third-order valence-corrected chi connectivity index (χ3v) is 13.5. The number of fused-ring (bicyclic) bond motifs is 16. The number of hydrogen-bond acceptors (Lipinski definition) is 1. The highest BCUT2D eigenvalue weighted by atomic mass is 14.7. The highest BCUT2D eigenvalue weighted by Crippen LogP contribution is 2.64. The molecule has 11 aromatic rings. The van der Waals surface area contributed by atoms with Gasteiger partial charge in [-0.1, -0.05) is 200 Å². The summed E-state index contributed by atoms with van der Waals surface area (Å²) in [5, 5.41) is 7.69. The molecular formula is C60H37N. The Morgan fingerprint density at radius 3 is 1.39 bits per heavy atom. The number of aromatic nitrogens is 1. The summed E-state index contributed by atoms with van der Waals surface area (Å²) in [5.74, 6) is 0. The van der Waals surface area contributed by atoms with Crippen LogP contribution in [0.1, 0.15) is 22.3 Å². The average Bonchev–Trinajstić information content (AvgIpc) is 3.82. The van der Waals surface area contributed by atoms with Crippen molar-refractivity contribution >= 4 is 32.3 Å². The van der Waals surface area contributed by atoms with Gasteiger partial charge in [0.15, 0.2) is 0 Å². The Kier molecular flexibility index (Phi) is 7.29. The van der Waals surface area contributed by atoms with Crippen molar-refractivity contribution in [3.63, 3.8) is 0 Å². The molecule has 0 atom stereocenters. The van der Waals surface area contributed by atoms with Crippen molar-refractivity contribution < 1.29 is 0 Å². The highest BCUT2D eigenvalue weighted by Gasteiger charge is 2.52. The first-order valence-corrected chi connectivity index (χ1v) is 21.2. The first-order valence-electron chi connectivity index (χ1n) is 21.2. The zero-order valence-corrected chi connectivity index (χ0v) is 33.3. The van der Waals surface area contributed by atoms with Gasteiger partial charge in [-0.25, -0.2) is 4.98 Å². The van der Waals surface area contributed by atoms with Crippen LogP contribution in [0, 0.1) is 0 Å². The molecule has 0 N–H and O–H groups in total. The molecule has 13 rings (SSSR count). The standard InChI is InChI=1S/C60H37N/c1-2-16-38(17-3-1)42-36-57(41-19-14-18-39(34-41)40-32-33-47-45-22-5-4-20-43(45)44-21-6-7-23-46(44)52(47)35-40)61-58(37-42)51-27-15-31-56-59(51)50-26-10-13-30-55(50)60(56)53-28-11-8-24-48(53)49-25-9-12-29-54(49)60/h1-37H. The van der Waals surface area contributed by atoms with E-state index < -0.39 is 5.41 Å². The second kappa shape index (κ2) is 13.1. The van der Waals surface area contributed by atoms with E-state index in [1.807, 2.05) is 0 Å². The summed E-state index contributed by atoms with van der Waals surface area (Å²) < 4.78 is 0. The summed E-state index contributed by atoms with van der Waals surface area (Å²) in [7, 11) is 0. The van der Waals surface area contributed by atoms with Gasteiger partial charge in [0.2, 0.25) is 0 Å². The molecule has 0 bridgehead atoms.